The molecule has 1 unspecified atom stereocenters. The van der Waals surface area contributed by atoms with Gasteiger partial charge in [-0.05, 0) is 37.1 Å². The van der Waals surface area contributed by atoms with Gasteiger partial charge in [0.05, 0.1) is 17.0 Å². The summed E-state index contributed by atoms with van der Waals surface area (Å²) in [6, 6.07) is 9.48. The van der Waals surface area contributed by atoms with E-state index in [-0.39, 0.29) is 17.4 Å². The van der Waals surface area contributed by atoms with Crippen LogP contribution in [0.5, 0.6) is 0 Å². The Labute approximate surface area is 119 Å². The Morgan fingerprint density at radius 1 is 1.30 bits per heavy atom. The van der Waals surface area contributed by atoms with E-state index in [0.29, 0.717) is 6.54 Å². The Bertz CT molecular complexity index is 711. The van der Waals surface area contributed by atoms with Crippen LogP contribution in [0.2, 0.25) is 0 Å². The second-order valence-electron chi connectivity index (χ2n) is 5.34. The minimum absolute atomic E-state index is 0.0193. The average molecular weight is 292 g/mol. The molecule has 4 nitrogen and oxygen atoms in total. The lowest BCUT2D eigenvalue weighted by atomic mass is 10.1. The highest BCUT2D eigenvalue weighted by Gasteiger charge is 2.17. The van der Waals surface area contributed by atoms with Gasteiger partial charge in [-0.2, -0.15) is 0 Å². The summed E-state index contributed by atoms with van der Waals surface area (Å²) in [6.07, 6.45) is 0. The summed E-state index contributed by atoms with van der Waals surface area (Å²) in [7, 11) is -3.16. The third-order valence-corrected chi connectivity index (χ3v) is 5.07. The molecule has 2 aromatic rings. The smallest absolute Gasteiger partial charge is 0.154 e. The molecule has 0 aliphatic heterocycles. The summed E-state index contributed by atoms with van der Waals surface area (Å²) in [5.41, 5.74) is 8.00. The third-order valence-electron chi connectivity index (χ3n) is 3.25. The number of hydrogen-bond donors (Lipinski definition) is 1. The van der Waals surface area contributed by atoms with E-state index >= 15 is 0 Å². The molecule has 2 N–H and O–H groups in total. The molecule has 1 heterocycles. The number of nitrogens with zero attached hydrogens (tertiary/aromatic N) is 1. The van der Waals surface area contributed by atoms with Gasteiger partial charge in [0, 0.05) is 11.1 Å². The highest BCUT2D eigenvalue weighted by molar-refractivity contribution is 7.90. The van der Waals surface area contributed by atoms with Crippen LogP contribution in [-0.4, -0.2) is 25.7 Å². The van der Waals surface area contributed by atoms with Crippen molar-refractivity contribution in [3.05, 3.63) is 41.6 Å². The van der Waals surface area contributed by atoms with Gasteiger partial charge in [0.25, 0.3) is 0 Å². The standard InChI is InChI=1S/C15H20N2O2S/c1-11(8-16)9-20(18,19)10-13-7-12(2)17-15-6-4-3-5-14(13)15/h3-7,11H,8-10,16H2,1-2H3. The Morgan fingerprint density at radius 2 is 2.00 bits per heavy atom. The van der Waals surface area contributed by atoms with Crippen molar-refractivity contribution in [1.82, 2.24) is 4.98 Å². The second kappa shape index (κ2) is 5.89. The highest BCUT2D eigenvalue weighted by Crippen LogP contribution is 2.21. The van der Waals surface area contributed by atoms with E-state index in [2.05, 4.69) is 4.98 Å². The molecule has 0 radical (unpaired) electrons. The number of sulfone groups is 1. The van der Waals surface area contributed by atoms with E-state index in [1.54, 1.807) is 0 Å². The van der Waals surface area contributed by atoms with Crippen molar-refractivity contribution in [2.24, 2.45) is 11.7 Å². The first-order chi connectivity index (χ1) is 9.41. The number of aromatic nitrogens is 1. The van der Waals surface area contributed by atoms with E-state index in [9.17, 15) is 8.42 Å². The van der Waals surface area contributed by atoms with Crippen LogP contribution in [-0.2, 0) is 15.6 Å². The predicted molar refractivity (Wildman–Crippen MR) is 82.2 cm³/mol. The first kappa shape index (κ1) is 14.9. The van der Waals surface area contributed by atoms with Gasteiger partial charge in [-0.15, -0.1) is 0 Å². The lowest BCUT2D eigenvalue weighted by molar-refractivity contribution is 0.573. The first-order valence-electron chi connectivity index (χ1n) is 6.67. The van der Waals surface area contributed by atoms with Crippen molar-refractivity contribution in [2.45, 2.75) is 19.6 Å². The van der Waals surface area contributed by atoms with Crippen LogP contribution in [0.25, 0.3) is 10.9 Å². The Hall–Kier alpha value is -1.46. The number of pyridine rings is 1. The fraction of sp³-hybridized carbons (Fsp3) is 0.400. The normalized spacial score (nSPS) is 13.6. The molecule has 1 aromatic heterocycles. The maximum atomic E-state index is 12.2. The predicted octanol–water partition coefficient (Wildman–Crippen LogP) is 2.05. The van der Waals surface area contributed by atoms with Crippen LogP contribution >= 0.6 is 0 Å². The summed E-state index contributed by atoms with van der Waals surface area (Å²) in [5.74, 6) is 0.148. The summed E-state index contributed by atoms with van der Waals surface area (Å²) in [6.45, 7) is 4.12. The van der Waals surface area contributed by atoms with Crippen molar-refractivity contribution >= 4 is 20.7 Å². The van der Waals surface area contributed by atoms with Gasteiger partial charge < -0.3 is 5.73 Å². The van der Waals surface area contributed by atoms with Crippen LogP contribution < -0.4 is 5.73 Å². The zero-order chi connectivity index (χ0) is 14.8. The molecule has 0 spiro atoms. The van der Waals surface area contributed by atoms with Crippen molar-refractivity contribution in [2.75, 3.05) is 12.3 Å². The lowest BCUT2D eigenvalue weighted by Gasteiger charge is -2.11. The fourth-order valence-electron chi connectivity index (χ4n) is 2.31. The van der Waals surface area contributed by atoms with Crippen LogP contribution in [0.3, 0.4) is 0 Å². The van der Waals surface area contributed by atoms with E-state index < -0.39 is 9.84 Å². The van der Waals surface area contributed by atoms with Gasteiger partial charge >= 0.3 is 0 Å². The summed E-state index contributed by atoms with van der Waals surface area (Å²) >= 11 is 0. The number of para-hydroxylation sites is 1. The van der Waals surface area contributed by atoms with Gasteiger partial charge in [0.1, 0.15) is 0 Å². The average Bonchev–Trinajstić information content (AvgIpc) is 2.37. The summed E-state index contributed by atoms with van der Waals surface area (Å²) in [4.78, 5) is 4.43. The summed E-state index contributed by atoms with van der Waals surface area (Å²) in [5, 5.41) is 0.905. The molecule has 0 saturated carbocycles. The molecule has 108 valence electrons. The van der Waals surface area contributed by atoms with Gasteiger partial charge in [0.15, 0.2) is 9.84 Å². The molecule has 0 amide bonds. The van der Waals surface area contributed by atoms with Gasteiger partial charge in [-0.3, -0.25) is 4.98 Å². The van der Waals surface area contributed by atoms with Crippen molar-refractivity contribution in [1.29, 1.82) is 0 Å². The highest BCUT2D eigenvalue weighted by atomic mass is 32.2. The van der Waals surface area contributed by atoms with E-state index in [1.165, 1.54) is 0 Å². The zero-order valence-electron chi connectivity index (χ0n) is 11.8. The maximum absolute atomic E-state index is 12.2. The number of hydrogen-bond acceptors (Lipinski definition) is 4. The lowest BCUT2D eigenvalue weighted by Crippen LogP contribution is -2.22. The number of rotatable bonds is 5. The van der Waals surface area contributed by atoms with Crippen LogP contribution in [0, 0.1) is 12.8 Å². The minimum atomic E-state index is -3.16. The summed E-state index contributed by atoms with van der Waals surface area (Å²) < 4.78 is 24.5. The number of benzene rings is 1. The van der Waals surface area contributed by atoms with E-state index in [0.717, 1.165) is 22.2 Å². The van der Waals surface area contributed by atoms with Gasteiger partial charge in [-0.1, -0.05) is 25.1 Å². The first-order valence-corrected chi connectivity index (χ1v) is 8.49. The van der Waals surface area contributed by atoms with Gasteiger partial charge in [-0.25, -0.2) is 8.42 Å². The molecule has 20 heavy (non-hydrogen) atoms. The largest absolute Gasteiger partial charge is 0.330 e. The van der Waals surface area contributed by atoms with Crippen LogP contribution in [0.4, 0.5) is 0 Å². The van der Waals surface area contributed by atoms with Crippen LogP contribution in [0.1, 0.15) is 18.2 Å². The number of fused-ring (bicyclic) bond motifs is 1. The molecule has 0 saturated heterocycles. The second-order valence-corrected chi connectivity index (χ2v) is 7.44. The Kier molecular flexibility index (Phi) is 4.40. The zero-order valence-corrected chi connectivity index (χ0v) is 12.7. The SMILES string of the molecule is Cc1cc(CS(=O)(=O)CC(C)CN)c2ccccc2n1. The Morgan fingerprint density at radius 3 is 2.70 bits per heavy atom. The molecule has 0 fully saturated rings. The monoisotopic (exact) mass is 292 g/mol. The fourth-order valence-corrected chi connectivity index (χ4v) is 4.15. The van der Waals surface area contributed by atoms with Crippen LogP contribution in [0.15, 0.2) is 30.3 Å². The number of aryl methyl sites for hydroxylation is 1. The quantitative estimate of drug-likeness (QED) is 0.915. The minimum Gasteiger partial charge on any atom is -0.330 e. The maximum Gasteiger partial charge on any atom is 0.154 e. The van der Waals surface area contributed by atoms with Crippen molar-refractivity contribution in [3.8, 4) is 0 Å². The Balaban J connectivity index is 2.38. The molecular formula is C15H20N2O2S. The van der Waals surface area contributed by atoms with E-state index in [1.807, 2.05) is 44.2 Å². The molecule has 0 aliphatic rings. The third kappa shape index (κ3) is 3.55. The van der Waals surface area contributed by atoms with Gasteiger partial charge in [0.2, 0.25) is 0 Å². The number of nitrogens with two attached hydrogens (primary N) is 1. The van der Waals surface area contributed by atoms with E-state index in [4.69, 9.17) is 5.73 Å². The molecule has 1 aromatic carbocycles. The molecule has 2 rings (SSSR count). The molecular weight excluding hydrogens is 272 g/mol. The van der Waals surface area contributed by atoms with Crippen molar-refractivity contribution in [3.63, 3.8) is 0 Å². The molecule has 1 atom stereocenters. The molecule has 0 bridgehead atoms. The molecule has 0 aliphatic carbocycles. The molecule has 5 heteroatoms. The van der Waals surface area contributed by atoms with Crippen molar-refractivity contribution < 1.29 is 8.42 Å². The topological polar surface area (TPSA) is 73.0 Å².